The maximum Gasteiger partial charge on any atom is 0.125 e. The lowest BCUT2D eigenvalue weighted by Gasteiger charge is -2.46. The van der Waals surface area contributed by atoms with E-state index in [2.05, 4.69) is 39.4 Å². The van der Waals surface area contributed by atoms with Gasteiger partial charge in [-0.05, 0) is 44.5 Å². The van der Waals surface area contributed by atoms with Gasteiger partial charge >= 0.3 is 0 Å². The minimum absolute atomic E-state index is 0.0621. The molecule has 110 valence electrons. The summed E-state index contributed by atoms with van der Waals surface area (Å²) < 4.78 is 13.1. The highest BCUT2D eigenvalue weighted by molar-refractivity contribution is 9.10. The summed E-state index contributed by atoms with van der Waals surface area (Å²) in [6, 6.07) is 6.66. The van der Waals surface area contributed by atoms with Crippen molar-refractivity contribution in [1.82, 2.24) is 5.32 Å². The zero-order valence-electron chi connectivity index (χ0n) is 12.1. The number of nitrogens with one attached hydrogen (secondary N) is 1. The van der Waals surface area contributed by atoms with Crippen LogP contribution >= 0.6 is 15.9 Å². The Hall–Kier alpha value is -0.580. The van der Waals surface area contributed by atoms with Gasteiger partial charge in [0.1, 0.15) is 11.4 Å². The number of methoxy groups -OCH3 is 1. The van der Waals surface area contributed by atoms with Gasteiger partial charge in [0.15, 0.2) is 0 Å². The van der Waals surface area contributed by atoms with Crippen molar-refractivity contribution in [3.05, 3.63) is 28.2 Å². The maximum atomic E-state index is 6.44. The second-order valence-corrected chi connectivity index (χ2v) is 6.88. The smallest absolute Gasteiger partial charge is 0.125 e. The zero-order valence-corrected chi connectivity index (χ0v) is 13.7. The Labute approximate surface area is 129 Å². The summed E-state index contributed by atoms with van der Waals surface area (Å²) in [5.41, 5.74) is 1.19. The van der Waals surface area contributed by atoms with Crippen molar-refractivity contribution < 1.29 is 9.47 Å². The number of ether oxygens (including phenoxy) is 2. The van der Waals surface area contributed by atoms with Crippen molar-refractivity contribution in [1.29, 1.82) is 0 Å². The first-order valence-electron chi connectivity index (χ1n) is 7.34. The molecule has 3 unspecified atom stereocenters. The third-order valence-corrected chi connectivity index (χ3v) is 5.18. The molecule has 1 saturated carbocycles. The lowest BCUT2D eigenvalue weighted by molar-refractivity contribution is -0.0598. The Balaban J connectivity index is 1.92. The van der Waals surface area contributed by atoms with Crippen molar-refractivity contribution >= 4 is 15.9 Å². The molecule has 0 saturated heterocycles. The molecular weight excluding hydrogens is 318 g/mol. The molecule has 2 aliphatic rings. The SMILES string of the molecule is CNC1CC2(CCCC(OC)C2)Oc2ccc(Br)cc21. The van der Waals surface area contributed by atoms with Gasteiger partial charge in [-0.1, -0.05) is 15.9 Å². The fourth-order valence-corrected chi connectivity index (χ4v) is 4.03. The van der Waals surface area contributed by atoms with E-state index in [1.807, 2.05) is 14.2 Å². The van der Waals surface area contributed by atoms with Crippen molar-refractivity contribution in [2.45, 2.75) is 49.9 Å². The number of hydrogen-bond donors (Lipinski definition) is 1. The largest absolute Gasteiger partial charge is 0.487 e. The third kappa shape index (κ3) is 2.61. The Bertz CT molecular complexity index is 493. The quantitative estimate of drug-likeness (QED) is 0.888. The average Bonchev–Trinajstić information content (AvgIpc) is 2.47. The molecule has 4 heteroatoms. The van der Waals surface area contributed by atoms with Gasteiger partial charge in [-0.2, -0.15) is 0 Å². The van der Waals surface area contributed by atoms with E-state index in [1.54, 1.807) is 0 Å². The second-order valence-electron chi connectivity index (χ2n) is 5.97. The van der Waals surface area contributed by atoms with Crippen LogP contribution in [0.2, 0.25) is 0 Å². The Morgan fingerprint density at radius 2 is 2.25 bits per heavy atom. The molecule has 1 aromatic carbocycles. The minimum Gasteiger partial charge on any atom is -0.487 e. The predicted octanol–water partition coefficient (Wildman–Crippen LogP) is 3.82. The van der Waals surface area contributed by atoms with Crippen LogP contribution in [0.1, 0.15) is 43.7 Å². The molecule has 3 nitrogen and oxygen atoms in total. The molecule has 1 aromatic rings. The summed E-state index contributed by atoms with van der Waals surface area (Å²) >= 11 is 3.55. The number of hydrogen-bond acceptors (Lipinski definition) is 3. The van der Waals surface area contributed by atoms with Crippen LogP contribution in [0.5, 0.6) is 5.75 Å². The van der Waals surface area contributed by atoms with Gasteiger partial charge in [-0.25, -0.2) is 0 Å². The highest BCUT2D eigenvalue weighted by atomic mass is 79.9. The van der Waals surface area contributed by atoms with Crippen LogP contribution in [0.25, 0.3) is 0 Å². The highest BCUT2D eigenvalue weighted by Crippen LogP contribution is 2.47. The number of rotatable bonds is 2. The molecule has 3 atom stereocenters. The van der Waals surface area contributed by atoms with E-state index in [4.69, 9.17) is 9.47 Å². The lowest BCUT2D eigenvalue weighted by Crippen LogP contribution is -2.48. The standard InChI is InChI=1S/C16H22BrNO2/c1-18-14-10-16(7-3-4-12(9-16)19-2)20-15-6-5-11(17)8-13(14)15/h5-6,8,12,14,18H,3-4,7,9-10H2,1-2H3. The molecule has 0 aromatic heterocycles. The zero-order chi connectivity index (χ0) is 14.2. The summed E-state index contributed by atoms with van der Waals surface area (Å²) in [6.45, 7) is 0. The van der Waals surface area contributed by atoms with Crippen LogP contribution < -0.4 is 10.1 Å². The number of fused-ring (bicyclic) bond motifs is 1. The van der Waals surface area contributed by atoms with Crippen LogP contribution in [-0.2, 0) is 4.74 Å². The Kier molecular flexibility index (Phi) is 4.07. The summed E-state index contributed by atoms with van der Waals surface area (Å²) in [4.78, 5) is 0. The van der Waals surface area contributed by atoms with E-state index in [9.17, 15) is 0 Å². The van der Waals surface area contributed by atoms with Crippen molar-refractivity contribution in [2.75, 3.05) is 14.2 Å². The van der Waals surface area contributed by atoms with Gasteiger partial charge < -0.3 is 14.8 Å². The number of benzene rings is 1. The van der Waals surface area contributed by atoms with E-state index in [0.717, 1.165) is 35.9 Å². The molecule has 3 rings (SSSR count). The van der Waals surface area contributed by atoms with Gasteiger partial charge in [-0.3, -0.25) is 0 Å². The predicted molar refractivity (Wildman–Crippen MR) is 83.2 cm³/mol. The second kappa shape index (κ2) is 5.66. The van der Waals surface area contributed by atoms with Gasteiger partial charge in [0, 0.05) is 36.0 Å². The minimum atomic E-state index is -0.0621. The van der Waals surface area contributed by atoms with Crippen LogP contribution in [-0.4, -0.2) is 25.9 Å². The van der Waals surface area contributed by atoms with Crippen LogP contribution in [0.15, 0.2) is 22.7 Å². The first-order chi connectivity index (χ1) is 9.65. The normalized spacial score (nSPS) is 32.8. The van der Waals surface area contributed by atoms with E-state index >= 15 is 0 Å². The molecule has 1 heterocycles. The molecule has 20 heavy (non-hydrogen) atoms. The summed E-state index contributed by atoms with van der Waals surface area (Å²) in [6.07, 6.45) is 5.81. The monoisotopic (exact) mass is 339 g/mol. The highest BCUT2D eigenvalue weighted by Gasteiger charge is 2.44. The first-order valence-corrected chi connectivity index (χ1v) is 8.13. The van der Waals surface area contributed by atoms with Gasteiger partial charge in [0.2, 0.25) is 0 Å². The van der Waals surface area contributed by atoms with Crippen molar-refractivity contribution in [2.24, 2.45) is 0 Å². The van der Waals surface area contributed by atoms with Gasteiger partial charge in [0.05, 0.1) is 6.10 Å². The van der Waals surface area contributed by atoms with Crippen LogP contribution in [0.3, 0.4) is 0 Å². The van der Waals surface area contributed by atoms with Crippen LogP contribution in [0, 0.1) is 0 Å². The third-order valence-electron chi connectivity index (χ3n) is 4.69. The molecule has 1 aliphatic heterocycles. The first kappa shape index (κ1) is 14.4. The van der Waals surface area contributed by atoms with E-state index in [1.165, 1.54) is 12.0 Å². The molecule has 1 N–H and O–H groups in total. The summed E-state index contributed by atoms with van der Waals surface area (Å²) in [5, 5.41) is 3.45. The molecule has 1 spiro atoms. The van der Waals surface area contributed by atoms with Gasteiger partial charge in [-0.15, -0.1) is 0 Å². The van der Waals surface area contributed by atoms with Crippen LogP contribution in [0.4, 0.5) is 0 Å². The van der Waals surface area contributed by atoms with E-state index < -0.39 is 0 Å². The molecule has 1 aliphatic carbocycles. The Morgan fingerprint density at radius 1 is 1.40 bits per heavy atom. The fourth-order valence-electron chi connectivity index (χ4n) is 3.65. The fraction of sp³-hybridized carbons (Fsp3) is 0.625. The maximum absolute atomic E-state index is 6.44. The van der Waals surface area contributed by atoms with Crippen molar-refractivity contribution in [3.8, 4) is 5.75 Å². The molecule has 0 amide bonds. The summed E-state index contributed by atoms with van der Waals surface area (Å²) in [5.74, 6) is 1.02. The number of halogens is 1. The summed E-state index contributed by atoms with van der Waals surface area (Å²) in [7, 11) is 3.85. The molecule has 1 fully saturated rings. The lowest BCUT2D eigenvalue weighted by atomic mass is 9.76. The van der Waals surface area contributed by atoms with Gasteiger partial charge in [0.25, 0.3) is 0 Å². The molecule has 0 bridgehead atoms. The average molecular weight is 340 g/mol. The topological polar surface area (TPSA) is 30.5 Å². The molecule has 0 radical (unpaired) electrons. The molecular formula is C16H22BrNO2. The van der Waals surface area contributed by atoms with E-state index in [0.29, 0.717) is 12.1 Å². The van der Waals surface area contributed by atoms with Crippen molar-refractivity contribution in [3.63, 3.8) is 0 Å². The van der Waals surface area contributed by atoms with E-state index in [-0.39, 0.29) is 5.60 Å². The Morgan fingerprint density at radius 3 is 3.00 bits per heavy atom.